The number of nitrogens with zero attached hydrogens (tertiary/aromatic N) is 2. The summed E-state index contributed by atoms with van der Waals surface area (Å²) >= 11 is 0. The highest BCUT2D eigenvalue weighted by Gasteiger charge is 2.50. The van der Waals surface area contributed by atoms with Crippen molar-refractivity contribution < 1.29 is 4.74 Å². The van der Waals surface area contributed by atoms with Crippen molar-refractivity contribution in [3.63, 3.8) is 0 Å². The summed E-state index contributed by atoms with van der Waals surface area (Å²) in [5, 5.41) is 0. The molecule has 118 valence electrons. The maximum atomic E-state index is 6.31. The quantitative estimate of drug-likeness (QED) is 0.770. The average Bonchev–Trinajstić information content (AvgIpc) is 2.83. The summed E-state index contributed by atoms with van der Waals surface area (Å²) in [4.78, 5) is 5.34. The number of ether oxygens (including phenoxy) is 1. The third-order valence-electron chi connectivity index (χ3n) is 5.20. The second-order valence-corrected chi connectivity index (χ2v) is 6.94. The Kier molecular flexibility index (Phi) is 5.84. The molecule has 0 aromatic heterocycles. The highest BCUT2D eigenvalue weighted by molar-refractivity contribution is 5.08. The van der Waals surface area contributed by atoms with Gasteiger partial charge in [0.15, 0.2) is 0 Å². The first kappa shape index (κ1) is 16.2. The van der Waals surface area contributed by atoms with E-state index in [1.165, 1.54) is 38.8 Å². The van der Waals surface area contributed by atoms with Gasteiger partial charge in [-0.3, -0.25) is 9.80 Å². The number of hydrogen-bond acceptors (Lipinski definition) is 4. The van der Waals surface area contributed by atoms with E-state index in [9.17, 15) is 0 Å². The fourth-order valence-corrected chi connectivity index (χ4v) is 4.25. The van der Waals surface area contributed by atoms with E-state index < -0.39 is 0 Å². The molecule has 20 heavy (non-hydrogen) atoms. The predicted molar refractivity (Wildman–Crippen MR) is 83.9 cm³/mol. The van der Waals surface area contributed by atoms with Crippen LogP contribution in [-0.2, 0) is 4.74 Å². The molecular formula is C16H33N3O. The van der Waals surface area contributed by atoms with Gasteiger partial charge >= 0.3 is 0 Å². The van der Waals surface area contributed by atoms with Gasteiger partial charge in [0.2, 0.25) is 0 Å². The van der Waals surface area contributed by atoms with Gasteiger partial charge in [-0.15, -0.1) is 0 Å². The zero-order valence-corrected chi connectivity index (χ0v) is 13.6. The molecule has 0 amide bonds. The van der Waals surface area contributed by atoms with E-state index in [1.807, 2.05) is 0 Å². The van der Waals surface area contributed by atoms with Crippen LogP contribution in [0.3, 0.4) is 0 Å². The van der Waals surface area contributed by atoms with Crippen LogP contribution in [0.5, 0.6) is 0 Å². The number of piperidine rings is 1. The Labute approximate surface area is 124 Å². The lowest BCUT2D eigenvalue weighted by atomic mass is 9.83. The van der Waals surface area contributed by atoms with Crippen molar-refractivity contribution in [2.45, 2.75) is 51.1 Å². The summed E-state index contributed by atoms with van der Waals surface area (Å²) in [6.45, 7) is 10.8. The van der Waals surface area contributed by atoms with Gasteiger partial charge in [-0.05, 0) is 31.7 Å². The van der Waals surface area contributed by atoms with Crippen molar-refractivity contribution >= 4 is 0 Å². The normalized spacial score (nSPS) is 31.2. The number of fused-ring (bicyclic) bond motifs is 1. The molecule has 2 atom stereocenters. The second-order valence-electron chi connectivity index (χ2n) is 6.94. The molecule has 0 saturated carbocycles. The first-order valence-corrected chi connectivity index (χ1v) is 8.32. The summed E-state index contributed by atoms with van der Waals surface area (Å²) in [7, 11) is 1.80. The molecule has 2 saturated heterocycles. The highest BCUT2D eigenvalue weighted by atomic mass is 16.5. The molecule has 2 aliphatic rings. The van der Waals surface area contributed by atoms with Gasteiger partial charge in [-0.1, -0.05) is 20.3 Å². The molecule has 0 aromatic carbocycles. The molecule has 2 fully saturated rings. The van der Waals surface area contributed by atoms with Crippen LogP contribution in [0.25, 0.3) is 0 Å². The fraction of sp³-hybridized carbons (Fsp3) is 1.00. The lowest BCUT2D eigenvalue weighted by molar-refractivity contribution is 0.0130. The summed E-state index contributed by atoms with van der Waals surface area (Å²) in [5.74, 6) is 0.674. The number of hydrogen-bond donors (Lipinski definition) is 1. The molecule has 0 spiro atoms. The van der Waals surface area contributed by atoms with E-state index in [1.54, 1.807) is 7.11 Å². The molecule has 0 radical (unpaired) electrons. The zero-order valence-electron chi connectivity index (χ0n) is 13.6. The Morgan fingerprint density at radius 2 is 2.15 bits per heavy atom. The van der Waals surface area contributed by atoms with Gasteiger partial charge in [-0.2, -0.15) is 0 Å². The Bertz CT molecular complexity index is 297. The molecular weight excluding hydrogens is 250 g/mol. The molecule has 2 unspecified atom stereocenters. The van der Waals surface area contributed by atoms with Crippen molar-refractivity contribution in [1.82, 2.24) is 9.80 Å². The van der Waals surface area contributed by atoms with Crippen molar-refractivity contribution in [3.8, 4) is 0 Å². The summed E-state index contributed by atoms with van der Waals surface area (Å²) in [6.07, 6.45) is 5.27. The molecule has 4 nitrogen and oxygen atoms in total. The van der Waals surface area contributed by atoms with Crippen molar-refractivity contribution in [2.75, 3.05) is 46.4 Å². The van der Waals surface area contributed by atoms with Crippen molar-refractivity contribution in [1.29, 1.82) is 0 Å². The SMILES string of the molecule is COCCN(CC(C)C)C1(CN)CCN2CCCCC21. The lowest BCUT2D eigenvalue weighted by Crippen LogP contribution is -2.63. The van der Waals surface area contributed by atoms with Gasteiger partial charge in [-0.25, -0.2) is 0 Å². The monoisotopic (exact) mass is 283 g/mol. The Balaban J connectivity index is 2.16. The molecule has 0 bridgehead atoms. The van der Waals surface area contributed by atoms with E-state index in [0.29, 0.717) is 12.0 Å². The number of methoxy groups -OCH3 is 1. The first-order valence-electron chi connectivity index (χ1n) is 8.32. The van der Waals surface area contributed by atoms with E-state index in [0.717, 1.165) is 26.2 Å². The van der Waals surface area contributed by atoms with Crippen LogP contribution in [-0.4, -0.2) is 67.8 Å². The molecule has 0 aromatic rings. The Morgan fingerprint density at radius 3 is 2.80 bits per heavy atom. The van der Waals surface area contributed by atoms with Crippen LogP contribution in [0.1, 0.15) is 39.5 Å². The molecule has 2 rings (SSSR count). The van der Waals surface area contributed by atoms with Crippen LogP contribution in [0.15, 0.2) is 0 Å². The van der Waals surface area contributed by atoms with Crippen LogP contribution in [0, 0.1) is 5.92 Å². The number of nitrogens with two attached hydrogens (primary N) is 1. The van der Waals surface area contributed by atoms with Crippen LogP contribution in [0.4, 0.5) is 0 Å². The largest absolute Gasteiger partial charge is 0.383 e. The fourth-order valence-electron chi connectivity index (χ4n) is 4.25. The number of rotatable bonds is 7. The topological polar surface area (TPSA) is 41.7 Å². The van der Waals surface area contributed by atoms with Crippen LogP contribution >= 0.6 is 0 Å². The summed E-state index contributed by atoms with van der Waals surface area (Å²) in [6, 6.07) is 0.664. The minimum Gasteiger partial charge on any atom is -0.383 e. The van der Waals surface area contributed by atoms with Gasteiger partial charge in [0.1, 0.15) is 0 Å². The smallest absolute Gasteiger partial charge is 0.0589 e. The molecule has 0 aliphatic carbocycles. The molecule has 2 N–H and O–H groups in total. The third-order valence-corrected chi connectivity index (χ3v) is 5.20. The van der Waals surface area contributed by atoms with Gasteiger partial charge in [0.25, 0.3) is 0 Å². The minimum atomic E-state index is 0.184. The van der Waals surface area contributed by atoms with Crippen molar-refractivity contribution in [3.05, 3.63) is 0 Å². The summed E-state index contributed by atoms with van der Waals surface area (Å²) < 4.78 is 5.34. The van der Waals surface area contributed by atoms with Crippen LogP contribution < -0.4 is 5.73 Å². The second kappa shape index (κ2) is 7.21. The van der Waals surface area contributed by atoms with Gasteiger partial charge in [0, 0.05) is 44.9 Å². The zero-order chi connectivity index (χ0) is 14.6. The molecule has 2 heterocycles. The van der Waals surface area contributed by atoms with Gasteiger partial charge in [0.05, 0.1) is 6.61 Å². The van der Waals surface area contributed by atoms with E-state index in [-0.39, 0.29) is 5.54 Å². The van der Waals surface area contributed by atoms with E-state index in [4.69, 9.17) is 10.5 Å². The predicted octanol–water partition coefficient (Wildman–Crippen LogP) is 1.55. The standard InChI is InChI=1S/C16H33N3O/c1-14(2)12-19(10-11-20-3)16(13-17)7-9-18-8-5-4-6-15(16)18/h14-15H,4-13,17H2,1-3H3. The van der Waals surface area contributed by atoms with Crippen LogP contribution in [0.2, 0.25) is 0 Å². The lowest BCUT2D eigenvalue weighted by Gasteiger charge is -2.48. The first-order chi connectivity index (χ1) is 9.64. The average molecular weight is 283 g/mol. The third kappa shape index (κ3) is 3.19. The maximum absolute atomic E-state index is 6.31. The van der Waals surface area contributed by atoms with E-state index in [2.05, 4.69) is 23.6 Å². The highest BCUT2D eigenvalue weighted by Crippen LogP contribution is 2.39. The van der Waals surface area contributed by atoms with E-state index >= 15 is 0 Å². The molecule has 2 aliphatic heterocycles. The Morgan fingerprint density at radius 1 is 1.35 bits per heavy atom. The maximum Gasteiger partial charge on any atom is 0.0589 e. The van der Waals surface area contributed by atoms with Crippen molar-refractivity contribution in [2.24, 2.45) is 11.7 Å². The molecule has 4 heteroatoms. The minimum absolute atomic E-state index is 0.184. The summed E-state index contributed by atoms with van der Waals surface area (Å²) in [5.41, 5.74) is 6.50. The Hall–Kier alpha value is -0.160. The van der Waals surface area contributed by atoms with Gasteiger partial charge < -0.3 is 10.5 Å².